The van der Waals surface area contributed by atoms with E-state index in [1.165, 1.54) is 4.90 Å². The first-order chi connectivity index (χ1) is 8.36. The summed E-state index contributed by atoms with van der Waals surface area (Å²) in [7, 11) is 1.67. The minimum atomic E-state index is -0.211. The molecule has 0 spiro atoms. The van der Waals surface area contributed by atoms with Crippen molar-refractivity contribution in [2.45, 2.75) is 20.8 Å². The van der Waals surface area contributed by atoms with Crippen LogP contribution in [0.3, 0.4) is 0 Å². The molecule has 0 bridgehead atoms. The molecule has 0 radical (unpaired) electrons. The van der Waals surface area contributed by atoms with Crippen LogP contribution < -0.4 is 5.73 Å². The van der Waals surface area contributed by atoms with Gasteiger partial charge in [0, 0.05) is 19.5 Å². The van der Waals surface area contributed by atoms with Crippen molar-refractivity contribution in [3.8, 4) is 0 Å². The average molecular weight is 253 g/mol. The number of nitrogens with two attached hydrogens (primary N) is 1. The quantitative estimate of drug-likeness (QED) is 0.366. The standard InChI is InChI=1S/C12H19N3O3/c1-7(11(13)14-17)6-15(4)12(16)10-5-8(2)18-9(10)3/h5,7,17H,6H2,1-4H3,(H2,13,14). The molecular formula is C12H19N3O3. The molecule has 3 N–H and O–H groups in total. The van der Waals surface area contributed by atoms with Gasteiger partial charge >= 0.3 is 0 Å². The van der Waals surface area contributed by atoms with Gasteiger partial charge < -0.3 is 20.3 Å². The van der Waals surface area contributed by atoms with Crippen LogP contribution in [0.1, 0.15) is 28.8 Å². The van der Waals surface area contributed by atoms with Gasteiger partial charge in [0.15, 0.2) is 0 Å². The molecule has 100 valence electrons. The molecular weight excluding hydrogens is 234 g/mol. The highest BCUT2D eigenvalue weighted by atomic mass is 16.4. The fourth-order valence-electron chi connectivity index (χ4n) is 1.73. The normalized spacial score (nSPS) is 13.4. The van der Waals surface area contributed by atoms with Gasteiger partial charge in [0.25, 0.3) is 5.91 Å². The molecule has 0 aliphatic carbocycles. The minimum absolute atomic E-state index is 0.106. The second kappa shape index (κ2) is 5.57. The highest BCUT2D eigenvalue weighted by Crippen LogP contribution is 2.16. The first-order valence-corrected chi connectivity index (χ1v) is 5.66. The number of oxime groups is 1. The van der Waals surface area contributed by atoms with Crippen LogP contribution in [0, 0.1) is 19.8 Å². The Morgan fingerprint density at radius 3 is 2.67 bits per heavy atom. The van der Waals surface area contributed by atoms with E-state index in [9.17, 15) is 4.79 Å². The molecule has 0 fully saturated rings. The Morgan fingerprint density at radius 2 is 2.22 bits per heavy atom. The fourth-order valence-corrected chi connectivity index (χ4v) is 1.73. The Bertz CT molecular complexity index is 465. The predicted octanol–water partition coefficient (Wildman–Crippen LogP) is 1.35. The summed E-state index contributed by atoms with van der Waals surface area (Å²) >= 11 is 0. The van der Waals surface area contributed by atoms with Crippen LogP contribution in [0.25, 0.3) is 0 Å². The Hall–Kier alpha value is -1.98. The summed E-state index contributed by atoms with van der Waals surface area (Å²) in [5, 5.41) is 11.5. The Kier molecular flexibility index (Phi) is 4.36. The van der Waals surface area contributed by atoms with Crippen LogP contribution in [-0.4, -0.2) is 35.4 Å². The molecule has 0 saturated heterocycles. The number of hydrogen-bond donors (Lipinski definition) is 2. The number of hydrogen-bond acceptors (Lipinski definition) is 4. The van der Waals surface area contributed by atoms with Gasteiger partial charge in [0.2, 0.25) is 0 Å². The molecule has 1 unspecified atom stereocenters. The maximum atomic E-state index is 12.1. The molecule has 1 amide bonds. The van der Waals surface area contributed by atoms with E-state index in [0.717, 1.165) is 0 Å². The molecule has 0 aliphatic heterocycles. The van der Waals surface area contributed by atoms with Gasteiger partial charge in [-0.3, -0.25) is 4.79 Å². The summed E-state index contributed by atoms with van der Waals surface area (Å²) in [6.45, 7) is 5.70. The van der Waals surface area contributed by atoms with E-state index in [1.807, 2.05) is 0 Å². The highest BCUT2D eigenvalue weighted by molar-refractivity contribution is 5.95. The van der Waals surface area contributed by atoms with Gasteiger partial charge in [-0.25, -0.2) is 0 Å². The number of amides is 1. The van der Waals surface area contributed by atoms with Gasteiger partial charge in [-0.2, -0.15) is 0 Å². The van der Waals surface area contributed by atoms with Crippen molar-refractivity contribution in [1.82, 2.24) is 4.90 Å². The largest absolute Gasteiger partial charge is 0.466 e. The van der Waals surface area contributed by atoms with E-state index in [4.69, 9.17) is 15.4 Å². The smallest absolute Gasteiger partial charge is 0.257 e. The van der Waals surface area contributed by atoms with Crippen molar-refractivity contribution < 1.29 is 14.4 Å². The second-order valence-corrected chi connectivity index (χ2v) is 4.44. The maximum Gasteiger partial charge on any atom is 0.257 e. The lowest BCUT2D eigenvalue weighted by molar-refractivity contribution is 0.0784. The zero-order valence-corrected chi connectivity index (χ0v) is 11.1. The van der Waals surface area contributed by atoms with Crippen molar-refractivity contribution in [3.05, 3.63) is 23.2 Å². The SMILES string of the molecule is Cc1cc(C(=O)N(C)CC(C)C(N)=NO)c(C)o1. The molecule has 0 aromatic carbocycles. The average Bonchev–Trinajstić information content (AvgIpc) is 2.66. The third-order valence-electron chi connectivity index (χ3n) is 2.79. The zero-order chi connectivity index (χ0) is 13.9. The lowest BCUT2D eigenvalue weighted by Crippen LogP contribution is -2.36. The van der Waals surface area contributed by atoms with E-state index < -0.39 is 0 Å². The molecule has 1 rings (SSSR count). The summed E-state index contributed by atoms with van der Waals surface area (Å²) in [5.41, 5.74) is 6.02. The van der Waals surface area contributed by atoms with Crippen LogP contribution in [0.5, 0.6) is 0 Å². The van der Waals surface area contributed by atoms with Crippen LogP contribution in [0.2, 0.25) is 0 Å². The molecule has 6 nitrogen and oxygen atoms in total. The molecule has 1 atom stereocenters. The van der Waals surface area contributed by atoms with Gasteiger partial charge in [0.05, 0.1) is 5.56 Å². The van der Waals surface area contributed by atoms with Crippen molar-refractivity contribution in [2.75, 3.05) is 13.6 Å². The summed E-state index contributed by atoms with van der Waals surface area (Å²) in [5.74, 6) is 1.06. The number of amidine groups is 1. The second-order valence-electron chi connectivity index (χ2n) is 4.44. The summed E-state index contributed by atoms with van der Waals surface area (Å²) in [4.78, 5) is 13.7. The Balaban J connectivity index is 2.76. The molecule has 0 saturated carbocycles. The summed E-state index contributed by atoms with van der Waals surface area (Å²) < 4.78 is 5.32. The van der Waals surface area contributed by atoms with Gasteiger partial charge in [-0.1, -0.05) is 12.1 Å². The molecule has 6 heteroatoms. The van der Waals surface area contributed by atoms with E-state index in [0.29, 0.717) is 23.6 Å². The van der Waals surface area contributed by atoms with E-state index >= 15 is 0 Å². The van der Waals surface area contributed by atoms with Crippen molar-refractivity contribution in [1.29, 1.82) is 0 Å². The molecule has 0 aliphatic rings. The number of rotatable bonds is 4. The minimum Gasteiger partial charge on any atom is -0.466 e. The van der Waals surface area contributed by atoms with Crippen molar-refractivity contribution in [2.24, 2.45) is 16.8 Å². The third kappa shape index (κ3) is 3.03. The monoisotopic (exact) mass is 253 g/mol. The third-order valence-corrected chi connectivity index (χ3v) is 2.79. The number of carbonyl (C=O) groups is 1. The maximum absolute atomic E-state index is 12.1. The van der Waals surface area contributed by atoms with E-state index in [2.05, 4.69) is 5.16 Å². The fraction of sp³-hybridized carbons (Fsp3) is 0.500. The lowest BCUT2D eigenvalue weighted by atomic mass is 10.1. The molecule has 1 heterocycles. The summed E-state index contributed by atoms with van der Waals surface area (Å²) in [6, 6.07) is 1.71. The lowest BCUT2D eigenvalue weighted by Gasteiger charge is -2.20. The first kappa shape index (κ1) is 14.1. The first-order valence-electron chi connectivity index (χ1n) is 5.66. The number of nitrogens with zero attached hydrogens (tertiary/aromatic N) is 2. The van der Waals surface area contributed by atoms with Crippen LogP contribution >= 0.6 is 0 Å². The van der Waals surface area contributed by atoms with Crippen LogP contribution in [-0.2, 0) is 0 Å². The van der Waals surface area contributed by atoms with Crippen molar-refractivity contribution in [3.63, 3.8) is 0 Å². The van der Waals surface area contributed by atoms with Gasteiger partial charge in [-0.15, -0.1) is 0 Å². The Morgan fingerprint density at radius 1 is 1.61 bits per heavy atom. The highest BCUT2D eigenvalue weighted by Gasteiger charge is 2.20. The Labute approximate surface area is 106 Å². The molecule has 18 heavy (non-hydrogen) atoms. The topological polar surface area (TPSA) is 92.1 Å². The number of aryl methyl sites for hydroxylation is 2. The van der Waals surface area contributed by atoms with Crippen molar-refractivity contribution >= 4 is 11.7 Å². The predicted molar refractivity (Wildman–Crippen MR) is 67.7 cm³/mol. The molecule has 1 aromatic rings. The van der Waals surface area contributed by atoms with E-state index in [1.54, 1.807) is 33.9 Å². The van der Waals surface area contributed by atoms with Gasteiger partial charge in [-0.05, 0) is 19.9 Å². The summed E-state index contributed by atoms with van der Waals surface area (Å²) in [6.07, 6.45) is 0. The molecule has 1 aromatic heterocycles. The number of furan rings is 1. The van der Waals surface area contributed by atoms with Crippen LogP contribution in [0.15, 0.2) is 15.6 Å². The van der Waals surface area contributed by atoms with Crippen LogP contribution in [0.4, 0.5) is 0 Å². The van der Waals surface area contributed by atoms with E-state index in [-0.39, 0.29) is 17.7 Å². The van der Waals surface area contributed by atoms with Gasteiger partial charge in [0.1, 0.15) is 17.4 Å². The zero-order valence-electron chi connectivity index (χ0n) is 11.1. The number of carbonyl (C=O) groups excluding carboxylic acids is 1.